The highest BCUT2D eigenvalue weighted by atomic mass is 32.1. The van der Waals surface area contributed by atoms with Crippen LogP contribution in [0.2, 0.25) is 0 Å². The molecule has 2 N–H and O–H groups in total. The molecule has 2 aromatic carbocycles. The normalized spacial score (nSPS) is 9.88. The highest BCUT2D eigenvalue weighted by Gasteiger charge is 2.09. The van der Waals surface area contributed by atoms with Crippen LogP contribution in [0.5, 0.6) is 11.5 Å². The van der Waals surface area contributed by atoms with Crippen LogP contribution in [0.15, 0.2) is 42.5 Å². The molecule has 0 bridgehead atoms. The summed E-state index contributed by atoms with van der Waals surface area (Å²) in [7, 11) is 3.15. The number of anilines is 2. The third-order valence-electron chi connectivity index (χ3n) is 3.27. The van der Waals surface area contributed by atoms with Gasteiger partial charge < -0.3 is 24.8 Å². The zero-order valence-electron chi connectivity index (χ0n) is 14.3. The fourth-order valence-electron chi connectivity index (χ4n) is 2.15. The molecule has 6 nitrogen and oxygen atoms in total. The summed E-state index contributed by atoms with van der Waals surface area (Å²) in [6, 6.07) is 12.3. The van der Waals surface area contributed by atoms with Gasteiger partial charge in [0.1, 0.15) is 0 Å². The number of rotatable bonds is 6. The van der Waals surface area contributed by atoms with Crippen molar-refractivity contribution >= 4 is 34.7 Å². The average Bonchev–Trinajstić information content (AvgIpc) is 2.62. The summed E-state index contributed by atoms with van der Waals surface area (Å²) in [4.78, 5) is 11.8. The highest BCUT2D eigenvalue weighted by molar-refractivity contribution is 7.80. The van der Waals surface area contributed by atoms with Gasteiger partial charge in [-0.3, -0.25) is 0 Å². The molecule has 0 radical (unpaired) electrons. The van der Waals surface area contributed by atoms with Crippen LogP contribution in [-0.4, -0.2) is 31.9 Å². The number of ether oxygens (including phenoxy) is 3. The molecule has 2 rings (SSSR count). The van der Waals surface area contributed by atoms with Gasteiger partial charge in [0, 0.05) is 17.4 Å². The van der Waals surface area contributed by atoms with Crippen molar-refractivity contribution in [3.8, 4) is 11.5 Å². The summed E-state index contributed by atoms with van der Waals surface area (Å²) in [5, 5.41) is 6.48. The lowest BCUT2D eigenvalue weighted by Gasteiger charge is -2.13. The van der Waals surface area contributed by atoms with Crippen molar-refractivity contribution in [2.24, 2.45) is 0 Å². The Hall–Kier alpha value is -2.80. The predicted octanol–water partition coefficient (Wildman–Crippen LogP) is 3.69. The Kier molecular flexibility index (Phi) is 6.59. The first-order chi connectivity index (χ1) is 12.1. The fourth-order valence-corrected chi connectivity index (χ4v) is 2.38. The van der Waals surface area contributed by atoms with Gasteiger partial charge >= 0.3 is 5.97 Å². The molecule has 0 fully saturated rings. The van der Waals surface area contributed by atoms with E-state index in [1.807, 2.05) is 12.1 Å². The van der Waals surface area contributed by atoms with Crippen LogP contribution in [-0.2, 0) is 4.74 Å². The molecular weight excluding hydrogens is 340 g/mol. The molecule has 0 aliphatic rings. The molecular formula is C18H20N2O4S. The van der Waals surface area contributed by atoms with E-state index in [0.717, 1.165) is 5.69 Å². The second-order valence-corrected chi connectivity index (χ2v) is 5.36. The van der Waals surface area contributed by atoms with E-state index in [-0.39, 0.29) is 5.97 Å². The van der Waals surface area contributed by atoms with Crippen LogP contribution in [0.25, 0.3) is 0 Å². The van der Waals surface area contributed by atoms with Crippen molar-refractivity contribution < 1.29 is 19.0 Å². The van der Waals surface area contributed by atoms with Gasteiger partial charge in [-0.15, -0.1) is 0 Å². The molecule has 25 heavy (non-hydrogen) atoms. The third kappa shape index (κ3) is 5.09. The summed E-state index contributed by atoms with van der Waals surface area (Å²) >= 11 is 5.31. The molecule has 0 unspecified atom stereocenters. The first-order valence-corrected chi connectivity index (χ1v) is 8.05. The lowest BCUT2D eigenvalue weighted by atomic mass is 10.2. The maximum absolute atomic E-state index is 11.8. The lowest BCUT2D eigenvalue weighted by molar-refractivity contribution is 0.0526. The van der Waals surface area contributed by atoms with E-state index in [1.54, 1.807) is 51.5 Å². The van der Waals surface area contributed by atoms with Gasteiger partial charge in [0.25, 0.3) is 0 Å². The number of esters is 1. The van der Waals surface area contributed by atoms with Crippen LogP contribution in [0.3, 0.4) is 0 Å². The standard InChI is InChI=1S/C18H20N2O4S/c1-4-24-17(21)12-6-5-7-13(10-12)19-18(25)20-14-8-9-15(22-2)16(11-14)23-3/h5-11H,4H2,1-3H3,(H2,19,20,25). The monoisotopic (exact) mass is 360 g/mol. The van der Waals surface area contributed by atoms with Gasteiger partial charge in [-0.1, -0.05) is 6.07 Å². The van der Waals surface area contributed by atoms with E-state index in [0.29, 0.717) is 34.5 Å². The zero-order chi connectivity index (χ0) is 18.2. The van der Waals surface area contributed by atoms with Crippen LogP contribution >= 0.6 is 12.2 Å². The van der Waals surface area contributed by atoms with E-state index in [2.05, 4.69) is 10.6 Å². The van der Waals surface area contributed by atoms with E-state index in [4.69, 9.17) is 26.4 Å². The Balaban J connectivity index is 2.05. The van der Waals surface area contributed by atoms with E-state index < -0.39 is 0 Å². The number of carbonyl (C=O) groups excluding carboxylic acids is 1. The van der Waals surface area contributed by atoms with E-state index in [1.165, 1.54) is 0 Å². The third-order valence-corrected chi connectivity index (χ3v) is 3.48. The minimum atomic E-state index is -0.370. The zero-order valence-corrected chi connectivity index (χ0v) is 15.1. The van der Waals surface area contributed by atoms with Gasteiger partial charge in [0.05, 0.1) is 26.4 Å². The quantitative estimate of drug-likeness (QED) is 0.601. The molecule has 0 aliphatic heterocycles. The summed E-state index contributed by atoms with van der Waals surface area (Å²) in [6.45, 7) is 2.10. The van der Waals surface area contributed by atoms with Crippen molar-refractivity contribution in [3.63, 3.8) is 0 Å². The summed E-state index contributed by atoms with van der Waals surface area (Å²) in [6.07, 6.45) is 0. The van der Waals surface area contributed by atoms with Crippen LogP contribution in [0.1, 0.15) is 17.3 Å². The minimum Gasteiger partial charge on any atom is -0.493 e. The van der Waals surface area contributed by atoms with Crippen LogP contribution in [0, 0.1) is 0 Å². The molecule has 2 aromatic rings. The number of methoxy groups -OCH3 is 2. The minimum absolute atomic E-state index is 0.329. The fraction of sp³-hybridized carbons (Fsp3) is 0.222. The largest absolute Gasteiger partial charge is 0.493 e. The van der Waals surface area contributed by atoms with Crippen molar-refractivity contribution in [2.75, 3.05) is 31.5 Å². The second kappa shape index (κ2) is 8.89. The Morgan fingerprint density at radius 3 is 2.32 bits per heavy atom. The van der Waals surface area contributed by atoms with Gasteiger partial charge in [0.2, 0.25) is 0 Å². The molecule has 0 atom stereocenters. The SMILES string of the molecule is CCOC(=O)c1cccc(NC(=S)Nc2ccc(OC)c(OC)c2)c1. The average molecular weight is 360 g/mol. The van der Waals surface area contributed by atoms with Gasteiger partial charge in [0.15, 0.2) is 16.6 Å². The second-order valence-electron chi connectivity index (χ2n) is 4.95. The molecule has 0 aromatic heterocycles. The maximum Gasteiger partial charge on any atom is 0.338 e. The Morgan fingerprint density at radius 1 is 1.00 bits per heavy atom. The van der Waals surface area contributed by atoms with E-state index >= 15 is 0 Å². The van der Waals surface area contributed by atoms with Crippen molar-refractivity contribution in [1.29, 1.82) is 0 Å². The molecule has 0 saturated carbocycles. The number of carbonyl (C=O) groups is 1. The number of thiocarbonyl (C=S) groups is 1. The van der Waals surface area contributed by atoms with Gasteiger partial charge in [-0.25, -0.2) is 4.79 Å². The first-order valence-electron chi connectivity index (χ1n) is 7.64. The molecule has 0 aliphatic carbocycles. The van der Waals surface area contributed by atoms with Crippen LogP contribution in [0.4, 0.5) is 11.4 Å². The molecule has 0 spiro atoms. The topological polar surface area (TPSA) is 68.8 Å². The molecule has 0 saturated heterocycles. The summed E-state index contributed by atoms with van der Waals surface area (Å²) in [5.74, 6) is 0.860. The Morgan fingerprint density at radius 2 is 1.68 bits per heavy atom. The van der Waals surface area contributed by atoms with Crippen molar-refractivity contribution in [2.45, 2.75) is 6.92 Å². The smallest absolute Gasteiger partial charge is 0.338 e. The Labute approximate surface area is 152 Å². The molecule has 0 amide bonds. The van der Waals surface area contributed by atoms with Gasteiger partial charge in [-0.05, 0) is 49.5 Å². The number of hydrogen-bond donors (Lipinski definition) is 2. The summed E-state index contributed by atoms with van der Waals surface area (Å²) < 4.78 is 15.5. The highest BCUT2D eigenvalue weighted by Crippen LogP contribution is 2.29. The number of hydrogen-bond acceptors (Lipinski definition) is 5. The Bertz CT molecular complexity index is 764. The van der Waals surface area contributed by atoms with Gasteiger partial charge in [-0.2, -0.15) is 0 Å². The van der Waals surface area contributed by atoms with Crippen molar-refractivity contribution in [3.05, 3.63) is 48.0 Å². The van der Waals surface area contributed by atoms with E-state index in [9.17, 15) is 4.79 Å². The first kappa shape index (κ1) is 18.5. The number of nitrogens with one attached hydrogen (secondary N) is 2. The molecule has 0 heterocycles. The molecule has 132 valence electrons. The predicted molar refractivity (Wildman–Crippen MR) is 102 cm³/mol. The maximum atomic E-state index is 11.8. The van der Waals surface area contributed by atoms with Crippen molar-refractivity contribution in [1.82, 2.24) is 0 Å². The summed E-state index contributed by atoms with van der Waals surface area (Å²) in [5.41, 5.74) is 1.89. The number of benzene rings is 2. The lowest BCUT2D eigenvalue weighted by Crippen LogP contribution is -2.19. The van der Waals surface area contributed by atoms with Crippen LogP contribution < -0.4 is 20.1 Å². The molecule has 7 heteroatoms.